The summed E-state index contributed by atoms with van der Waals surface area (Å²) in [7, 11) is 0. The van der Waals surface area contributed by atoms with Gasteiger partial charge in [-0.05, 0) is 12.8 Å². The maximum Gasteiger partial charge on any atom is 0.218 e. The number of hydrogen-bond donors (Lipinski definition) is 2. The Bertz CT molecular complexity index is 361. The summed E-state index contributed by atoms with van der Waals surface area (Å²) in [6, 6.07) is 1.79. The van der Waals surface area contributed by atoms with Crippen LogP contribution in [0.5, 0.6) is 5.88 Å². The molecule has 0 radical (unpaired) electrons. The summed E-state index contributed by atoms with van der Waals surface area (Å²) in [6.07, 6.45) is 3.04. The van der Waals surface area contributed by atoms with Crippen LogP contribution >= 0.6 is 0 Å². The second-order valence-electron chi connectivity index (χ2n) is 4.09. The van der Waals surface area contributed by atoms with Crippen molar-refractivity contribution in [3.8, 4) is 5.88 Å². The van der Waals surface area contributed by atoms with E-state index in [1.165, 1.54) is 6.33 Å². The van der Waals surface area contributed by atoms with Crippen molar-refractivity contribution in [1.29, 1.82) is 0 Å². The molecule has 2 heterocycles. The highest BCUT2D eigenvalue weighted by Crippen LogP contribution is 2.20. The average Bonchev–Trinajstić information content (AvgIpc) is 2.37. The van der Waals surface area contributed by atoms with E-state index in [4.69, 9.17) is 10.5 Å². The van der Waals surface area contributed by atoms with Gasteiger partial charge in [-0.3, -0.25) is 0 Å². The van der Waals surface area contributed by atoms with Crippen molar-refractivity contribution in [3.63, 3.8) is 0 Å². The third kappa shape index (κ3) is 3.28. The Morgan fingerprint density at radius 2 is 2.41 bits per heavy atom. The Balaban J connectivity index is 2.04. The first-order chi connectivity index (χ1) is 8.29. The maximum absolute atomic E-state index is 9.62. The topological polar surface area (TPSA) is 84.5 Å². The monoisotopic (exact) mass is 238 g/mol. The van der Waals surface area contributed by atoms with Gasteiger partial charge in [-0.1, -0.05) is 0 Å². The van der Waals surface area contributed by atoms with Gasteiger partial charge in [0.1, 0.15) is 18.8 Å². The summed E-state index contributed by atoms with van der Waals surface area (Å²) in [6.45, 7) is 2.43. The number of nitrogens with zero attached hydrogens (tertiary/aromatic N) is 3. The molecule has 94 valence electrons. The number of piperidine rings is 1. The molecule has 1 aromatic heterocycles. The maximum atomic E-state index is 9.62. The van der Waals surface area contributed by atoms with Crippen LogP contribution in [0.4, 0.5) is 5.82 Å². The Kier molecular flexibility index (Phi) is 4.11. The number of ether oxygens (including phenoxy) is 1. The normalized spacial score (nSPS) is 20.4. The molecule has 1 atom stereocenters. The second kappa shape index (κ2) is 5.79. The van der Waals surface area contributed by atoms with Gasteiger partial charge in [0.05, 0.1) is 6.10 Å². The van der Waals surface area contributed by atoms with Gasteiger partial charge >= 0.3 is 0 Å². The highest BCUT2D eigenvalue weighted by Gasteiger charge is 2.19. The van der Waals surface area contributed by atoms with Crippen molar-refractivity contribution in [3.05, 3.63) is 12.4 Å². The fourth-order valence-electron chi connectivity index (χ4n) is 1.91. The van der Waals surface area contributed by atoms with E-state index < -0.39 is 0 Å². The molecule has 1 aliphatic rings. The molecule has 2 rings (SSSR count). The van der Waals surface area contributed by atoms with Crippen molar-refractivity contribution in [2.45, 2.75) is 18.9 Å². The van der Waals surface area contributed by atoms with Crippen LogP contribution in [0, 0.1) is 0 Å². The van der Waals surface area contributed by atoms with Gasteiger partial charge in [0.25, 0.3) is 0 Å². The van der Waals surface area contributed by atoms with Gasteiger partial charge in [0, 0.05) is 25.7 Å². The minimum absolute atomic E-state index is 0.271. The van der Waals surface area contributed by atoms with E-state index in [-0.39, 0.29) is 6.10 Å². The second-order valence-corrected chi connectivity index (χ2v) is 4.09. The van der Waals surface area contributed by atoms with E-state index in [9.17, 15) is 5.11 Å². The van der Waals surface area contributed by atoms with Crippen LogP contribution in [0.15, 0.2) is 12.4 Å². The molecule has 3 N–H and O–H groups in total. The van der Waals surface area contributed by atoms with Crippen molar-refractivity contribution in [1.82, 2.24) is 9.97 Å². The lowest BCUT2D eigenvalue weighted by atomic mass is 10.1. The van der Waals surface area contributed by atoms with E-state index >= 15 is 0 Å². The Morgan fingerprint density at radius 1 is 1.53 bits per heavy atom. The largest absolute Gasteiger partial charge is 0.476 e. The van der Waals surface area contributed by atoms with Crippen LogP contribution < -0.4 is 15.4 Å². The summed E-state index contributed by atoms with van der Waals surface area (Å²) >= 11 is 0. The Labute approximate surface area is 100 Å². The number of anilines is 1. The van der Waals surface area contributed by atoms with Gasteiger partial charge in [0.15, 0.2) is 0 Å². The number of hydrogen-bond acceptors (Lipinski definition) is 6. The lowest BCUT2D eigenvalue weighted by Gasteiger charge is -2.30. The van der Waals surface area contributed by atoms with E-state index in [1.807, 2.05) is 4.90 Å². The van der Waals surface area contributed by atoms with E-state index in [2.05, 4.69) is 9.97 Å². The Hall–Kier alpha value is -1.40. The number of aromatic nitrogens is 2. The van der Waals surface area contributed by atoms with Crippen molar-refractivity contribution in [2.24, 2.45) is 5.73 Å². The molecule has 0 aliphatic carbocycles. The molecular weight excluding hydrogens is 220 g/mol. The molecule has 1 fully saturated rings. The molecular formula is C11H18N4O2. The highest BCUT2D eigenvalue weighted by atomic mass is 16.5. The molecule has 0 unspecified atom stereocenters. The first kappa shape index (κ1) is 12.1. The molecule has 1 saturated heterocycles. The van der Waals surface area contributed by atoms with Gasteiger partial charge in [-0.15, -0.1) is 0 Å². The molecule has 0 bridgehead atoms. The summed E-state index contributed by atoms with van der Waals surface area (Å²) < 4.78 is 5.35. The van der Waals surface area contributed by atoms with Gasteiger partial charge < -0.3 is 20.5 Å². The third-order valence-corrected chi connectivity index (χ3v) is 2.72. The summed E-state index contributed by atoms with van der Waals surface area (Å²) in [4.78, 5) is 10.3. The van der Waals surface area contributed by atoms with Crippen molar-refractivity contribution < 1.29 is 9.84 Å². The molecule has 6 nitrogen and oxygen atoms in total. The van der Waals surface area contributed by atoms with E-state index in [0.29, 0.717) is 25.6 Å². The molecule has 0 amide bonds. The van der Waals surface area contributed by atoms with Crippen LogP contribution in [-0.4, -0.2) is 47.4 Å². The van der Waals surface area contributed by atoms with Gasteiger partial charge in [-0.25, -0.2) is 9.97 Å². The molecule has 6 heteroatoms. The van der Waals surface area contributed by atoms with Crippen molar-refractivity contribution in [2.75, 3.05) is 31.1 Å². The zero-order chi connectivity index (χ0) is 12.1. The molecule has 0 spiro atoms. The molecule has 0 saturated carbocycles. The smallest absolute Gasteiger partial charge is 0.218 e. The van der Waals surface area contributed by atoms with E-state index in [0.717, 1.165) is 25.2 Å². The number of nitrogens with two attached hydrogens (primary N) is 1. The van der Waals surface area contributed by atoms with Gasteiger partial charge in [-0.2, -0.15) is 0 Å². The lowest BCUT2D eigenvalue weighted by molar-refractivity contribution is 0.154. The standard InChI is InChI=1S/C11H18N4O2/c12-3-5-17-11-6-10(13-8-14-11)15-4-1-2-9(16)7-15/h6,8-9,16H,1-5,7,12H2/t9-/m1/s1. The molecule has 17 heavy (non-hydrogen) atoms. The molecule has 1 aromatic rings. The van der Waals surface area contributed by atoms with E-state index in [1.54, 1.807) is 6.07 Å². The zero-order valence-corrected chi connectivity index (χ0v) is 9.75. The first-order valence-electron chi connectivity index (χ1n) is 5.87. The minimum atomic E-state index is -0.271. The first-order valence-corrected chi connectivity index (χ1v) is 5.87. The average molecular weight is 238 g/mol. The SMILES string of the molecule is NCCOc1cc(N2CCC[C@@H](O)C2)ncn1. The summed E-state index contributed by atoms with van der Waals surface area (Å²) in [5, 5.41) is 9.62. The lowest BCUT2D eigenvalue weighted by Crippen LogP contribution is -2.38. The van der Waals surface area contributed by atoms with Crippen molar-refractivity contribution >= 4 is 5.82 Å². The van der Waals surface area contributed by atoms with Crippen LogP contribution in [0.3, 0.4) is 0 Å². The number of aliphatic hydroxyl groups is 1. The van der Waals surface area contributed by atoms with Crippen LogP contribution in [0.2, 0.25) is 0 Å². The summed E-state index contributed by atoms with van der Waals surface area (Å²) in [5.41, 5.74) is 5.36. The van der Waals surface area contributed by atoms with Crippen LogP contribution in [-0.2, 0) is 0 Å². The van der Waals surface area contributed by atoms with Crippen LogP contribution in [0.1, 0.15) is 12.8 Å². The minimum Gasteiger partial charge on any atom is -0.476 e. The highest BCUT2D eigenvalue weighted by molar-refractivity contribution is 5.41. The molecule has 0 aromatic carbocycles. The fourth-order valence-corrected chi connectivity index (χ4v) is 1.91. The molecule has 1 aliphatic heterocycles. The number of aliphatic hydroxyl groups excluding tert-OH is 1. The van der Waals surface area contributed by atoms with Gasteiger partial charge in [0.2, 0.25) is 5.88 Å². The summed E-state index contributed by atoms with van der Waals surface area (Å²) in [5.74, 6) is 1.33. The zero-order valence-electron chi connectivity index (χ0n) is 9.75. The quantitative estimate of drug-likeness (QED) is 0.754. The predicted octanol–water partition coefficient (Wildman–Crippen LogP) is -0.225. The Morgan fingerprint density at radius 3 is 3.18 bits per heavy atom. The van der Waals surface area contributed by atoms with Crippen LogP contribution in [0.25, 0.3) is 0 Å². The number of β-amino-alcohol motifs (C(OH)–C–C–N with tert-alkyl or cyclic N) is 1. The fraction of sp³-hybridized carbons (Fsp3) is 0.636. The number of rotatable bonds is 4. The third-order valence-electron chi connectivity index (χ3n) is 2.72. The predicted molar refractivity (Wildman–Crippen MR) is 64.0 cm³/mol.